The molecule has 1 aliphatic heterocycles. The van der Waals surface area contributed by atoms with Gasteiger partial charge in [-0.15, -0.1) is 0 Å². The third-order valence-electron chi connectivity index (χ3n) is 5.05. The fraction of sp³-hybridized carbons (Fsp3) is 0.500. The smallest absolute Gasteiger partial charge is 0.274 e. The minimum absolute atomic E-state index is 0.0538. The van der Waals surface area contributed by atoms with Crippen LogP contribution in [0.3, 0.4) is 0 Å². The Morgan fingerprint density at radius 2 is 1.76 bits per heavy atom. The van der Waals surface area contributed by atoms with Crippen molar-refractivity contribution in [2.45, 2.75) is 38.8 Å². The molecule has 9 heteroatoms. The van der Waals surface area contributed by atoms with E-state index in [1.807, 2.05) is 0 Å². The second-order valence-corrected chi connectivity index (χ2v) is 6.60. The summed E-state index contributed by atoms with van der Waals surface area (Å²) in [4.78, 5) is 29.9. The number of alkyl halides is 3. The first-order valence-corrected chi connectivity index (χ1v) is 8.09. The van der Waals surface area contributed by atoms with Gasteiger partial charge in [-0.05, 0) is 31.4 Å². The van der Waals surface area contributed by atoms with Crippen LogP contribution in [-0.4, -0.2) is 27.0 Å². The Balaban J connectivity index is 1.82. The zero-order valence-electron chi connectivity index (χ0n) is 13.4. The average molecular weight is 352 g/mol. The van der Waals surface area contributed by atoms with Crippen molar-refractivity contribution in [3.05, 3.63) is 17.3 Å². The number of carbonyl (C=O) groups excluding carboxylic acids is 2. The number of H-pyrrole nitrogens is 1. The van der Waals surface area contributed by atoms with Crippen LogP contribution in [0, 0.1) is 18.8 Å². The molecular weight excluding hydrogens is 337 g/mol. The number of anilines is 1. The lowest BCUT2D eigenvalue weighted by atomic mass is 9.81. The van der Waals surface area contributed by atoms with Crippen molar-refractivity contribution in [3.63, 3.8) is 0 Å². The summed E-state index contributed by atoms with van der Waals surface area (Å²) >= 11 is 0. The van der Waals surface area contributed by atoms with Gasteiger partial charge >= 0.3 is 6.18 Å². The highest BCUT2D eigenvalue weighted by molar-refractivity contribution is 6.24. The third kappa shape index (κ3) is 2.32. The molecule has 0 unspecified atom stereocenters. The quantitative estimate of drug-likeness (QED) is 0.801. The zero-order chi connectivity index (χ0) is 17.9. The summed E-state index contributed by atoms with van der Waals surface area (Å²) < 4.78 is 38.7. The maximum absolute atomic E-state index is 12.9. The minimum atomic E-state index is -4.58. The van der Waals surface area contributed by atoms with Crippen LogP contribution in [0.15, 0.2) is 6.07 Å². The molecule has 2 aliphatic rings. The monoisotopic (exact) mass is 352 g/mol. The molecule has 6 nitrogen and oxygen atoms in total. The van der Waals surface area contributed by atoms with Gasteiger partial charge in [0.15, 0.2) is 11.5 Å². The van der Waals surface area contributed by atoms with Crippen LogP contribution in [0.2, 0.25) is 0 Å². The fourth-order valence-electron chi connectivity index (χ4n) is 3.88. The molecule has 1 N–H and O–H groups in total. The summed E-state index contributed by atoms with van der Waals surface area (Å²) in [7, 11) is 0. The molecule has 1 saturated carbocycles. The Hall–Kier alpha value is -2.45. The number of pyridine rings is 1. The van der Waals surface area contributed by atoms with Crippen LogP contribution < -0.4 is 4.90 Å². The van der Waals surface area contributed by atoms with Gasteiger partial charge in [0.2, 0.25) is 11.8 Å². The Bertz CT molecular complexity index is 865. The summed E-state index contributed by atoms with van der Waals surface area (Å²) in [6, 6.07) is 0.902. The van der Waals surface area contributed by atoms with Gasteiger partial charge in [-0.1, -0.05) is 12.8 Å². The van der Waals surface area contributed by atoms with Gasteiger partial charge in [0.1, 0.15) is 5.69 Å². The normalized spacial score (nSPS) is 24.2. The van der Waals surface area contributed by atoms with Crippen molar-refractivity contribution < 1.29 is 22.8 Å². The predicted molar refractivity (Wildman–Crippen MR) is 81.6 cm³/mol. The number of rotatable bonds is 1. The number of nitrogens with one attached hydrogen (secondary N) is 1. The molecule has 0 bridgehead atoms. The highest BCUT2D eigenvalue weighted by Crippen LogP contribution is 2.42. The molecular formula is C16H15F3N4O2. The summed E-state index contributed by atoms with van der Waals surface area (Å²) in [5.74, 6) is -1.28. The zero-order valence-corrected chi connectivity index (χ0v) is 13.4. The van der Waals surface area contributed by atoms with E-state index < -0.39 is 11.9 Å². The second kappa shape index (κ2) is 5.27. The summed E-state index contributed by atoms with van der Waals surface area (Å²) in [6.07, 6.45) is -1.48. The van der Waals surface area contributed by atoms with Gasteiger partial charge in [-0.2, -0.15) is 18.3 Å². The average Bonchev–Trinajstić information content (AvgIpc) is 3.07. The number of aromatic nitrogens is 3. The van der Waals surface area contributed by atoms with Gasteiger partial charge in [0.25, 0.3) is 0 Å². The number of hydrogen-bond donors (Lipinski definition) is 1. The van der Waals surface area contributed by atoms with E-state index in [1.165, 1.54) is 6.92 Å². The maximum Gasteiger partial charge on any atom is 0.433 e. The topological polar surface area (TPSA) is 79.0 Å². The van der Waals surface area contributed by atoms with Crippen LogP contribution >= 0.6 is 0 Å². The molecule has 1 aliphatic carbocycles. The Morgan fingerprint density at radius 3 is 2.32 bits per heavy atom. The van der Waals surface area contributed by atoms with Crippen molar-refractivity contribution >= 4 is 28.7 Å². The number of aromatic amines is 1. The first kappa shape index (κ1) is 16.0. The van der Waals surface area contributed by atoms with E-state index >= 15 is 0 Å². The van der Waals surface area contributed by atoms with E-state index in [2.05, 4.69) is 15.2 Å². The van der Waals surface area contributed by atoms with E-state index in [0.29, 0.717) is 12.8 Å². The molecule has 2 fully saturated rings. The Labute approximate surface area is 140 Å². The van der Waals surface area contributed by atoms with Crippen molar-refractivity contribution in [3.8, 4) is 0 Å². The molecule has 2 aromatic heterocycles. The number of nitrogens with zero attached hydrogens (tertiary/aromatic N) is 3. The molecule has 25 heavy (non-hydrogen) atoms. The van der Waals surface area contributed by atoms with Crippen LogP contribution in [0.1, 0.15) is 36.9 Å². The number of fused-ring (bicyclic) bond motifs is 2. The molecule has 2 amide bonds. The van der Waals surface area contributed by atoms with Crippen LogP contribution in [0.4, 0.5) is 19.0 Å². The number of carbonyl (C=O) groups is 2. The molecule has 1 saturated heterocycles. The molecule has 132 valence electrons. The Kier molecular flexibility index (Phi) is 3.38. The summed E-state index contributed by atoms with van der Waals surface area (Å²) in [6.45, 7) is 1.48. The van der Waals surface area contributed by atoms with Gasteiger partial charge in [0, 0.05) is 0 Å². The number of hydrogen-bond acceptors (Lipinski definition) is 4. The molecule has 0 spiro atoms. The molecule has 4 rings (SSSR count). The lowest BCUT2D eigenvalue weighted by Crippen LogP contribution is -2.31. The van der Waals surface area contributed by atoms with Gasteiger partial charge < -0.3 is 0 Å². The number of aryl methyl sites for hydroxylation is 1. The van der Waals surface area contributed by atoms with Crippen molar-refractivity contribution in [1.82, 2.24) is 15.2 Å². The predicted octanol–water partition coefficient (Wildman–Crippen LogP) is 2.96. The highest BCUT2D eigenvalue weighted by Gasteiger charge is 2.50. The number of imide groups is 1. The molecule has 3 heterocycles. The summed E-state index contributed by atoms with van der Waals surface area (Å²) in [5.41, 5.74) is -0.866. The number of halogens is 3. The SMILES string of the molecule is Cc1cc(C(F)(F)F)nc2[nH]nc(N3C(=O)[C@H]4CCCC[C@@H]4C3=O)c12. The first-order valence-electron chi connectivity index (χ1n) is 8.09. The maximum atomic E-state index is 12.9. The van der Waals surface area contributed by atoms with E-state index in [9.17, 15) is 22.8 Å². The lowest BCUT2D eigenvalue weighted by molar-refractivity contribution is -0.141. The third-order valence-corrected chi connectivity index (χ3v) is 5.05. The largest absolute Gasteiger partial charge is 0.433 e. The van der Waals surface area contributed by atoms with Crippen molar-refractivity contribution in [1.29, 1.82) is 0 Å². The lowest BCUT2D eigenvalue weighted by Gasteiger charge is -2.19. The van der Waals surface area contributed by atoms with Crippen molar-refractivity contribution in [2.75, 3.05) is 4.90 Å². The standard InChI is InChI=1S/C16H15F3N4O2/c1-7-6-10(16(17,18)19)20-12-11(7)13(22-21-12)23-14(24)8-4-2-3-5-9(8)15(23)25/h6,8-9H,2-5H2,1H3,(H,20,21,22)/t8-,9-/m0/s1. The van der Waals surface area contributed by atoms with E-state index in [4.69, 9.17) is 0 Å². The van der Waals surface area contributed by atoms with Gasteiger partial charge in [-0.25, -0.2) is 9.88 Å². The van der Waals surface area contributed by atoms with Crippen LogP contribution in [-0.2, 0) is 15.8 Å². The number of amides is 2. The minimum Gasteiger partial charge on any atom is -0.274 e. The van der Waals surface area contributed by atoms with Crippen LogP contribution in [0.5, 0.6) is 0 Å². The fourth-order valence-corrected chi connectivity index (χ4v) is 3.88. The van der Waals surface area contributed by atoms with E-state index in [0.717, 1.165) is 23.8 Å². The Morgan fingerprint density at radius 1 is 1.16 bits per heavy atom. The van der Waals surface area contributed by atoms with Crippen LogP contribution in [0.25, 0.3) is 11.0 Å². The molecule has 0 radical (unpaired) electrons. The first-order chi connectivity index (χ1) is 11.8. The highest BCUT2D eigenvalue weighted by atomic mass is 19.4. The van der Waals surface area contributed by atoms with Gasteiger partial charge in [-0.3, -0.25) is 14.7 Å². The second-order valence-electron chi connectivity index (χ2n) is 6.60. The van der Waals surface area contributed by atoms with Gasteiger partial charge in [0.05, 0.1) is 17.2 Å². The molecule has 2 aromatic rings. The molecule has 0 aromatic carbocycles. The molecule has 2 atom stereocenters. The summed E-state index contributed by atoms with van der Waals surface area (Å²) in [5, 5.41) is 6.65. The van der Waals surface area contributed by atoms with E-state index in [-0.39, 0.29) is 46.1 Å². The van der Waals surface area contributed by atoms with E-state index in [1.54, 1.807) is 0 Å². The van der Waals surface area contributed by atoms with Crippen molar-refractivity contribution in [2.24, 2.45) is 11.8 Å².